The zero-order valence-corrected chi connectivity index (χ0v) is 17.4. The molecule has 0 atom stereocenters. The zero-order valence-electron chi connectivity index (χ0n) is 15.9. The van der Waals surface area contributed by atoms with Gasteiger partial charge in [0.1, 0.15) is 11.6 Å². The minimum Gasteiger partial charge on any atom is -0.491 e. The summed E-state index contributed by atoms with van der Waals surface area (Å²) < 4.78 is 21.2. The van der Waals surface area contributed by atoms with Gasteiger partial charge < -0.3 is 4.74 Å². The summed E-state index contributed by atoms with van der Waals surface area (Å²) in [4.78, 5) is 12.8. The van der Waals surface area contributed by atoms with E-state index in [4.69, 9.17) is 27.9 Å². The van der Waals surface area contributed by atoms with E-state index in [2.05, 4.69) is 20.1 Å². The Labute approximate surface area is 182 Å². The van der Waals surface area contributed by atoms with Crippen LogP contribution in [0.1, 0.15) is 11.3 Å². The minimum atomic E-state index is -0.504. The standard InChI is InChI=1S/C21H16Cl2FN5O/c1-13-19(30-8-5-16-17(22)3-4-18(24)20(16)23)9-14(10-27-13)15-11-28-29(12-15)21-25-6-2-7-26-21/h2-4,6-7,9-12H,5,8H2,1H3. The molecule has 0 amide bonds. The van der Waals surface area contributed by atoms with Gasteiger partial charge in [-0.25, -0.2) is 19.0 Å². The van der Waals surface area contributed by atoms with Crippen molar-refractivity contribution in [2.24, 2.45) is 0 Å². The van der Waals surface area contributed by atoms with Crippen LogP contribution in [0, 0.1) is 12.7 Å². The van der Waals surface area contributed by atoms with E-state index in [-0.39, 0.29) is 11.6 Å². The van der Waals surface area contributed by atoms with E-state index in [1.165, 1.54) is 12.1 Å². The molecule has 0 bridgehead atoms. The highest BCUT2D eigenvalue weighted by Gasteiger charge is 2.12. The van der Waals surface area contributed by atoms with Crippen molar-refractivity contribution in [1.82, 2.24) is 24.7 Å². The smallest absolute Gasteiger partial charge is 0.250 e. The Morgan fingerprint density at radius 1 is 1.07 bits per heavy atom. The van der Waals surface area contributed by atoms with E-state index in [9.17, 15) is 4.39 Å². The lowest BCUT2D eigenvalue weighted by Gasteiger charge is -2.12. The van der Waals surface area contributed by atoms with Crippen molar-refractivity contribution in [3.05, 3.63) is 82.4 Å². The minimum absolute atomic E-state index is 0.0187. The largest absolute Gasteiger partial charge is 0.491 e. The number of aromatic nitrogens is 5. The molecule has 0 aliphatic heterocycles. The molecule has 1 aromatic carbocycles. The molecule has 30 heavy (non-hydrogen) atoms. The number of rotatable bonds is 6. The summed E-state index contributed by atoms with van der Waals surface area (Å²) in [6.45, 7) is 2.12. The van der Waals surface area contributed by atoms with Gasteiger partial charge in [-0.05, 0) is 36.8 Å². The molecule has 0 aliphatic carbocycles. The number of nitrogens with zero attached hydrogens (tertiary/aromatic N) is 5. The fraction of sp³-hybridized carbons (Fsp3) is 0.143. The molecule has 3 heterocycles. The Morgan fingerprint density at radius 3 is 2.67 bits per heavy atom. The summed E-state index contributed by atoms with van der Waals surface area (Å²) in [6.07, 6.45) is 8.94. The first kappa shape index (κ1) is 20.3. The number of hydrogen-bond acceptors (Lipinski definition) is 5. The normalized spacial score (nSPS) is 10.9. The average Bonchev–Trinajstić information content (AvgIpc) is 3.25. The van der Waals surface area contributed by atoms with Gasteiger partial charge in [0.05, 0.1) is 23.5 Å². The van der Waals surface area contributed by atoms with Gasteiger partial charge in [-0.1, -0.05) is 23.2 Å². The van der Waals surface area contributed by atoms with Crippen molar-refractivity contribution in [2.75, 3.05) is 6.61 Å². The van der Waals surface area contributed by atoms with Crippen LogP contribution in [0.5, 0.6) is 5.75 Å². The molecule has 0 N–H and O–H groups in total. The number of benzene rings is 1. The number of hydrogen-bond donors (Lipinski definition) is 0. The maximum atomic E-state index is 13.7. The predicted octanol–water partition coefficient (Wildman–Crippen LogP) is 5.10. The summed E-state index contributed by atoms with van der Waals surface area (Å²) in [5.41, 5.74) is 2.92. The van der Waals surface area contributed by atoms with Crippen LogP contribution in [0.2, 0.25) is 10.0 Å². The van der Waals surface area contributed by atoms with E-state index in [0.29, 0.717) is 28.7 Å². The average molecular weight is 444 g/mol. The highest BCUT2D eigenvalue weighted by Crippen LogP contribution is 2.29. The Kier molecular flexibility index (Phi) is 5.92. The first-order chi connectivity index (χ1) is 14.5. The molecule has 6 nitrogen and oxygen atoms in total. The first-order valence-electron chi connectivity index (χ1n) is 9.07. The molecule has 0 fully saturated rings. The monoisotopic (exact) mass is 443 g/mol. The van der Waals surface area contributed by atoms with Crippen molar-refractivity contribution in [3.63, 3.8) is 0 Å². The van der Waals surface area contributed by atoms with Crippen molar-refractivity contribution in [1.29, 1.82) is 0 Å². The van der Waals surface area contributed by atoms with Gasteiger partial charge in [-0.3, -0.25) is 4.98 Å². The summed E-state index contributed by atoms with van der Waals surface area (Å²) in [7, 11) is 0. The SMILES string of the molecule is Cc1ncc(-c2cnn(-c3ncccn3)c2)cc1OCCc1c(Cl)ccc(F)c1Cl. The summed E-state index contributed by atoms with van der Waals surface area (Å²) in [5, 5.41) is 4.73. The van der Waals surface area contributed by atoms with Crippen molar-refractivity contribution in [3.8, 4) is 22.8 Å². The van der Waals surface area contributed by atoms with Crippen LogP contribution in [-0.4, -0.2) is 31.3 Å². The van der Waals surface area contributed by atoms with Gasteiger partial charge in [0, 0.05) is 47.4 Å². The molecule has 9 heteroatoms. The Bertz CT molecular complexity index is 1180. The Hall–Kier alpha value is -3.03. The maximum Gasteiger partial charge on any atom is 0.250 e. The Morgan fingerprint density at radius 2 is 1.87 bits per heavy atom. The van der Waals surface area contributed by atoms with Crippen LogP contribution in [0.15, 0.2) is 55.2 Å². The summed E-state index contributed by atoms with van der Waals surface area (Å²) >= 11 is 12.2. The molecule has 0 aliphatic rings. The van der Waals surface area contributed by atoms with Crippen LogP contribution >= 0.6 is 23.2 Å². The molecule has 4 aromatic rings. The lowest BCUT2D eigenvalue weighted by atomic mass is 10.1. The van der Waals surface area contributed by atoms with Crippen molar-refractivity contribution in [2.45, 2.75) is 13.3 Å². The zero-order chi connectivity index (χ0) is 21.1. The molecule has 3 aromatic heterocycles. The van der Waals surface area contributed by atoms with E-state index < -0.39 is 5.82 Å². The van der Waals surface area contributed by atoms with E-state index in [1.807, 2.05) is 19.2 Å². The summed E-state index contributed by atoms with van der Waals surface area (Å²) in [6, 6.07) is 6.35. The number of aryl methyl sites for hydroxylation is 1. The maximum absolute atomic E-state index is 13.7. The molecule has 0 radical (unpaired) electrons. The molecular formula is C21H16Cl2FN5O. The number of pyridine rings is 1. The third-order valence-corrected chi connectivity index (χ3v) is 5.22. The van der Waals surface area contributed by atoms with Crippen molar-refractivity contribution < 1.29 is 9.13 Å². The van der Waals surface area contributed by atoms with E-state index >= 15 is 0 Å². The van der Waals surface area contributed by atoms with Crippen LogP contribution < -0.4 is 4.74 Å². The first-order valence-corrected chi connectivity index (χ1v) is 9.83. The van der Waals surface area contributed by atoms with Gasteiger partial charge in [0.25, 0.3) is 0 Å². The lowest BCUT2D eigenvalue weighted by Crippen LogP contribution is -2.05. The molecule has 4 rings (SSSR count). The van der Waals surface area contributed by atoms with Crippen LogP contribution in [0.4, 0.5) is 4.39 Å². The lowest BCUT2D eigenvalue weighted by molar-refractivity contribution is 0.318. The van der Waals surface area contributed by atoms with E-state index in [1.54, 1.807) is 35.5 Å². The quantitative estimate of drug-likeness (QED) is 0.387. The van der Waals surface area contributed by atoms with Crippen molar-refractivity contribution >= 4 is 23.2 Å². The highest BCUT2D eigenvalue weighted by molar-refractivity contribution is 6.36. The third kappa shape index (κ3) is 4.27. The molecule has 0 spiro atoms. The van der Waals surface area contributed by atoms with Crippen LogP contribution in [0.3, 0.4) is 0 Å². The highest BCUT2D eigenvalue weighted by atomic mass is 35.5. The second kappa shape index (κ2) is 8.77. The fourth-order valence-corrected chi connectivity index (χ4v) is 3.43. The predicted molar refractivity (Wildman–Crippen MR) is 113 cm³/mol. The topological polar surface area (TPSA) is 65.7 Å². The number of ether oxygens (including phenoxy) is 1. The van der Waals surface area contributed by atoms with Crippen LogP contribution in [-0.2, 0) is 6.42 Å². The number of halogens is 3. The van der Waals surface area contributed by atoms with Gasteiger partial charge in [0.15, 0.2) is 0 Å². The second-order valence-corrected chi connectivity index (χ2v) is 7.24. The second-order valence-electron chi connectivity index (χ2n) is 6.45. The molecule has 0 saturated heterocycles. The third-order valence-electron chi connectivity index (χ3n) is 4.46. The molecular weight excluding hydrogens is 428 g/mol. The summed E-state index contributed by atoms with van der Waals surface area (Å²) in [5.74, 6) is 0.583. The van der Waals surface area contributed by atoms with Gasteiger partial charge in [-0.2, -0.15) is 5.10 Å². The fourth-order valence-electron chi connectivity index (χ4n) is 2.87. The molecule has 152 valence electrons. The van der Waals surface area contributed by atoms with Gasteiger partial charge in [0.2, 0.25) is 5.95 Å². The van der Waals surface area contributed by atoms with Gasteiger partial charge >= 0.3 is 0 Å². The Balaban J connectivity index is 1.51. The molecule has 0 unspecified atom stereocenters. The molecule has 0 saturated carbocycles. The van der Waals surface area contributed by atoms with Crippen LogP contribution in [0.25, 0.3) is 17.1 Å². The van der Waals surface area contributed by atoms with E-state index in [0.717, 1.165) is 16.8 Å². The van der Waals surface area contributed by atoms with Gasteiger partial charge in [-0.15, -0.1) is 0 Å².